The number of benzene rings is 2. The topological polar surface area (TPSA) is 0 Å². The van der Waals surface area contributed by atoms with Crippen LogP contribution >= 0.6 is 0 Å². The molecule has 0 amide bonds. The summed E-state index contributed by atoms with van der Waals surface area (Å²) in [6.45, 7) is 6.93. The molecule has 0 saturated heterocycles. The summed E-state index contributed by atoms with van der Waals surface area (Å²) in [6.07, 6.45) is 20.3. The van der Waals surface area contributed by atoms with Crippen molar-refractivity contribution in [2.24, 2.45) is 5.92 Å². The first-order chi connectivity index (χ1) is 15.7. The molecule has 0 nitrogen and oxygen atoms in total. The Hall–Kier alpha value is -1.82. The molecule has 0 spiro atoms. The van der Waals surface area contributed by atoms with Gasteiger partial charge in [-0.25, -0.2) is 0 Å². The SMILES string of the molecule is CCCCCCCCC1CC=C(c2ccc(-c3ccc(C(C)CCCC)cc3)cc2)CC1. The van der Waals surface area contributed by atoms with Crippen LogP contribution in [-0.4, -0.2) is 0 Å². The van der Waals surface area contributed by atoms with Crippen LogP contribution in [0.5, 0.6) is 0 Å². The fraction of sp³-hybridized carbons (Fsp3) is 0.562. The molecule has 2 atom stereocenters. The van der Waals surface area contributed by atoms with Gasteiger partial charge in [-0.2, -0.15) is 0 Å². The zero-order valence-corrected chi connectivity index (χ0v) is 21.0. The Morgan fingerprint density at radius 3 is 1.94 bits per heavy atom. The molecule has 1 aliphatic carbocycles. The van der Waals surface area contributed by atoms with Gasteiger partial charge in [0, 0.05) is 0 Å². The Morgan fingerprint density at radius 2 is 1.31 bits per heavy atom. The third kappa shape index (κ3) is 7.65. The summed E-state index contributed by atoms with van der Waals surface area (Å²) in [5.74, 6) is 1.58. The maximum absolute atomic E-state index is 2.53. The van der Waals surface area contributed by atoms with E-state index in [0.29, 0.717) is 5.92 Å². The van der Waals surface area contributed by atoms with Crippen LogP contribution in [-0.2, 0) is 0 Å². The van der Waals surface area contributed by atoms with Crippen molar-refractivity contribution in [2.45, 2.75) is 110 Å². The highest BCUT2D eigenvalue weighted by atomic mass is 14.2. The number of hydrogen-bond donors (Lipinski definition) is 0. The standard InChI is InChI=1S/C32H46/c1-4-6-8-9-10-11-13-27-14-16-29(17-15-27)31-22-24-32(25-23-31)30-20-18-28(19-21-30)26(3)12-7-5-2/h16,18-27H,4-15,17H2,1-3H3. The second kappa shape index (κ2) is 13.7. The Balaban J connectivity index is 1.49. The van der Waals surface area contributed by atoms with Crippen LogP contribution in [0.25, 0.3) is 16.7 Å². The van der Waals surface area contributed by atoms with Gasteiger partial charge >= 0.3 is 0 Å². The molecular weight excluding hydrogens is 384 g/mol. The van der Waals surface area contributed by atoms with Crippen LogP contribution in [0.4, 0.5) is 0 Å². The minimum atomic E-state index is 0.662. The first-order valence-corrected chi connectivity index (χ1v) is 13.6. The zero-order valence-electron chi connectivity index (χ0n) is 21.0. The first-order valence-electron chi connectivity index (χ1n) is 13.6. The van der Waals surface area contributed by atoms with E-state index in [1.807, 2.05) is 0 Å². The van der Waals surface area contributed by atoms with Crippen LogP contribution in [0, 0.1) is 5.92 Å². The summed E-state index contributed by atoms with van der Waals surface area (Å²) in [5, 5.41) is 0. The van der Waals surface area contributed by atoms with Crippen molar-refractivity contribution < 1.29 is 0 Å². The predicted octanol–water partition coefficient (Wildman–Crippen LogP) is 10.6. The highest BCUT2D eigenvalue weighted by molar-refractivity contribution is 5.71. The van der Waals surface area contributed by atoms with Gasteiger partial charge in [-0.1, -0.05) is 133 Å². The first kappa shape index (κ1) is 24.8. The van der Waals surface area contributed by atoms with E-state index >= 15 is 0 Å². The lowest BCUT2D eigenvalue weighted by molar-refractivity contribution is 0.423. The van der Waals surface area contributed by atoms with Gasteiger partial charge in [0.1, 0.15) is 0 Å². The van der Waals surface area contributed by atoms with Crippen LogP contribution in [0.3, 0.4) is 0 Å². The Labute approximate surface area is 198 Å². The second-order valence-corrected chi connectivity index (χ2v) is 10.2. The normalized spacial score (nSPS) is 17.2. The maximum atomic E-state index is 2.53. The highest BCUT2D eigenvalue weighted by Gasteiger charge is 2.15. The van der Waals surface area contributed by atoms with Crippen LogP contribution in [0.15, 0.2) is 54.6 Å². The van der Waals surface area contributed by atoms with E-state index in [2.05, 4.69) is 75.4 Å². The molecule has 0 heteroatoms. The molecule has 174 valence electrons. The summed E-state index contributed by atoms with van der Waals surface area (Å²) >= 11 is 0. The smallest absolute Gasteiger partial charge is 0.0184 e. The largest absolute Gasteiger partial charge is 0.0804 e. The number of unbranched alkanes of at least 4 members (excludes halogenated alkanes) is 6. The van der Waals surface area contributed by atoms with Crippen molar-refractivity contribution >= 4 is 5.57 Å². The van der Waals surface area contributed by atoms with Gasteiger partial charge in [-0.3, -0.25) is 0 Å². The monoisotopic (exact) mass is 430 g/mol. The van der Waals surface area contributed by atoms with E-state index in [0.717, 1.165) is 5.92 Å². The number of allylic oxidation sites excluding steroid dienone is 2. The van der Waals surface area contributed by atoms with Gasteiger partial charge < -0.3 is 0 Å². The fourth-order valence-corrected chi connectivity index (χ4v) is 5.18. The predicted molar refractivity (Wildman–Crippen MR) is 143 cm³/mol. The zero-order chi connectivity index (χ0) is 22.6. The minimum Gasteiger partial charge on any atom is -0.0804 e. The highest BCUT2D eigenvalue weighted by Crippen LogP contribution is 2.34. The Bertz CT molecular complexity index is 793. The molecule has 0 aromatic heterocycles. The van der Waals surface area contributed by atoms with Crippen molar-refractivity contribution in [1.82, 2.24) is 0 Å². The molecule has 2 aromatic carbocycles. The van der Waals surface area contributed by atoms with E-state index in [1.54, 1.807) is 5.57 Å². The molecule has 1 aliphatic rings. The van der Waals surface area contributed by atoms with Gasteiger partial charge in [0.25, 0.3) is 0 Å². The van der Waals surface area contributed by atoms with Crippen molar-refractivity contribution in [2.75, 3.05) is 0 Å². The van der Waals surface area contributed by atoms with Crippen molar-refractivity contribution in [3.05, 3.63) is 65.7 Å². The van der Waals surface area contributed by atoms with Gasteiger partial charge in [-0.05, 0) is 65.3 Å². The minimum absolute atomic E-state index is 0.662. The second-order valence-electron chi connectivity index (χ2n) is 10.2. The van der Waals surface area contributed by atoms with E-state index in [4.69, 9.17) is 0 Å². The Kier molecular flexibility index (Phi) is 10.6. The average molecular weight is 431 g/mol. The Morgan fingerprint density at radius 1 is 0.719 bits per heavy atom. The summed E-state index contributed by atoms with van der Waals surface area (Å²) in [6, 6.07) is 18.6. The molecule has 0 radical (unpaired) electrons. The van der Waals surface area contributed by atoms with Crippen LogP contribution < -0.4 is 0 Å². The van der Waals surface area contributed by atoms with Gasteiger partial charge in [0.2, 0.25) is 0 Å². The van der Waals surface area contributed by atoms with E-state index in [9.17, 15) is 0 Å². The molecule has 2 unspecified atom stereocenters. The average Bonchev–Trinajstić information content (AvgIpc) is 2.85. The van der Waals surface area contributed by atoms with Gasteiger partial charge in [0.05, 0.1) is 0 Å². The molecule has 0 saturated carbocycles. The van der Waals surface area contributed by atoms with E-state index in [1.165, 1.54) is 106 Å². The molecule has 3 rings (SSSR count). The molecule has 0 heterocycles. The lowest BCUT2D eigenvalue weighted by atomic mass is 9.83. The summed E-state index contributed by atoms with van der Waals surface area (Å²) in [4.78, 5) is 0. The third-order valence-corrected chi connectivity index (χ3v) is 7.54. The molecule has 0 fully saturated rings. The third-order valence-electron chi connectivity index (χ3n) is 7.54. The number of rotatable bonds is 13. The summed E-state index contributed by atoms with van der Waals surface area (Å²) < 4.78 is 0. The van der Waals surface area contributed by atoms with Gasteiger partial charge in [-0.15, -0.1) is 0 Å². The van der Waals surface area contributed by atoms with Crippen molar-refractivity contribution in [3.8, 4) is 11.1 Å². The lowest BCUT2D eigenvalue weighted by Gasteiger charge is -2.22. The molecule has 32 heavy (non-hydrogen) atoms. The molecule has 0 bridgehead atoms. The van der Waals surface area contributed by atoms with E-state index < -0.39 is 0 Å². The summed E-state index contributed by atoms with van der Waals surface area (Å²) in [5.41, 5.74) is 7.13. The summed E-state index contributed by atoms with van der Waals surface area (Å²) in [7, 11) is 0. The maximum Gasteiger partial charge on any atom is -0.0184 e. The van der Waals surface area contributed by atoms with Crippen LogP contribution in [0.2, 0.25) is 0 Å². The lowest BCUT2D eigenvalue weighted by Crippen LogP contribution is -2.05. The molecule has 0 N–H and O–H groups in total. The number of hydrogen-bond acceptors (Lipinski definition) is 0. The van der Waals surface area contributed by atoms with E-state index in [-0.39, 0.29) is 0 Å². The van der Waals surface area contributed by atoms with Gasteiger partial charge in [0.15, 0.2) is 0 Å². The molecule has 0 aliphatic heterocycles. The fourth-order valence-electron chi connectivity index (χ4n) is 5.18. The quantitative estimate of drug-likeness (QED) is 0.277. The van der Waals surface area contributed by atoms with Crippen LogP contribution in [0.1, 0.15) is 121 Å². The molecule has 2 aromatic rings. The van der Waals surface area contributed by atoms with Crippen molar-refractivity contribution in [1.29, 1.82) is 0 Å². The van der Waals surface area contributed by atoms with Crippen molar-refractivity contribution in [3.63, 3.8) is 0 Å². The molecular formula is C32H46.